The summed E-state index contributed by atoms with van der Waals surface area (Å²) in [5.74, 6) is -2.98. The van der Waals surface area contributed by atoms with Gasteiger partial charge in [-0.25, -0.2) is 8.78 Å². The van der Waals surface area contributed by atoms with Crippen LogP contribution in [0.25, 0.3) is 0 Å². The Hall–Kier alpha value is -2.51. The number of hydrogen-bond donors (Lipinski definition) is 2. The number of benzene rings is 1. The molecule has 2 unspecified atom stereocenters. The van der Waals surface area contributed by atoms with Crippen LogP contribution in [0.3, 0.4) is 0 Å². The summed E-state index contributed by atoms with van der Waals surface area (Å²) in [6.07, 6.45) is 2.04. The third-order valence-corrected chi connectivity index (χ3v) is 4.73. The Balaban J connectivity index is 2.06. The van der Waals surface area contributed by atoms with Gasteiger partial charge >= 0.3 is 5.97 Å². The first-order valence-corrected chi connectivity index (χ1v) is 8.98. The fourth-order valence-electron chi connectivity index (χ4n) is 3.43. The maximum Gasteiger partial charge on any atom is 0.303 e. The number of likely N-dealkylation sites (tertiary alicyclic amines) is 1. The molecule has 2 atom stereocenters. The predicted octanol–water partition coefficient (Wildman–Crippen LogP) is 2.64. The van der Waals surface area contributed by atoms with Gasteiger partial charge in [-0.1, -0.05) is 6.07 Å². The van der Waals surface area contributed by atoms with E-state index in [1.165, 1.54) is 13.0 Å². The van der Waals surface area contributed by atoms with E-state index in [-0.39, 0.29) is 30.2 Å². The van der Waals surface area contributed by atoms with Gasteiger partial charge in [0.05, 0.1) is 12.5 Å². The summed E-state index contributed by atoms with van der Waals surface area (Å²) < 4.78 is 27.3. The molecule has 148 valence electrons. The lowest BCUT2D eigenvalue weighted by Crippen LogP contribution is -2.42. The monoisotopic (exact) mass is 382 g/mol. The van der Waals surface area contributed by atoms with Gasteiger partial charge in [-0.3, -0.25) is 14.4 Å². The third kappa shape index (κ3) is 6.30. The van der Waals surface area contributed by atoms with E-state index in [0.29, 0.717) is 19.5 Å². The van der Waals surface area contributed by atoms with Crippen LogP contribution in [0.15, 0.2) is 18.2 Å². The molecule has 0 spiro atoms. The lowest BCUT2D eigenvalue weighted by molar-refractivity contribution is -0.137. The lowest BCUT2D eigenvalue weighted by Gasteiger charge is -2.33. The molecular weight excluding hydrogens is 358 g/mol. The van der Waals surface area contributed by atoms with Crippen molar-refractivity contribution in [2.75, 3.05) is 13.1 Å². The van der Waals surface area contributed by atoms with Crippen LogP contribution in [0.5, 0.6) is 0 Å². The van der Waals surface area contributed by atoms with Gasteiger partial charge in [0.2, 0.25) is 11.8 Å². The number of aliphatic carboxylic acids is 1. The zero-order valence-electron chi connectivity index (χ0n) is 15.2. The SMILES string of the molecule is CC(=O)NC(CC(=O)N1CCCC(CCC(=O)O)C1)c1ccc(F)cc1F. The molecule has 1 aliphatic heterocycles. The first-order valence-electron chi connectivity index (χ1n) is 8.98. The van der Waals surface area contributed by atoms with Crippen molar-refractivity contribution in [1.82, 2.24) is 10.2 Å². The second-order valence-corrected chi connectivity index (χ2v) is 6.90. The van der Waals surface area contributed by atoms with Crippen LogP contribution < -0.4 is 5.32 Å². The van der Waals surface area contributed by atoms with Crippen molar-refractivity contribution in [3.8, 4) is 0 Å². The highest BCUT2D eigenvalue weighted by Gasteiger charge is 2.27. The fraction of sp³-hybridized carbons (Fsp3) is 0.526. The minimum Gasteiger partial charge on any atom is -0.481 e. The molecule has 2 rings (SSSR count). The number of rotatable bonds is 7. The van der Waals surface area contributed by atoms with Crippen molar-refractivity contribution in [3.05, 3.63) is 35.4 Å². The molecule has 1 aliphatic rings. The number of carboxylic acids is 1. The first-order chi connectivity index (χ1) is 12.8. The molecule has 1 aromatic carbocycles. The Labute approximate surface area is 156 Å². The minimum absolute atomic E-state index is 0.0550. The summed E-state index contributed by atoms with van der Waals surface area (Å²) in [5, 5.41) is 11.4. The van der Waals surface area contributed by atoms with Gasteiger partial charge in [0.1, 0.15) is 11.6 Å². The number of hydrogen-bond acceptors (Lipinski definition) is 3. The van der Waals surface area contributed by atoms with Crippen molar-refractivity contribution < 1.29 is 28.3 Å². The van der Waals surface area contributed by atoms with Crippen molar-refractivity contribution in [2.24, 2.45) is 5.92 Å². The highest BCUT2D eigenvalue weighted by atomic mass is 19.1. The van der Waals surface area contributed by atoms with Crippen LogP contribution in [0.2, 0.25) is 0 Å². The normalized spacial score (nSPS) is 18.0. The summed E-state index contributed by atoms with van der Waals surface area (Å²) in [6.45, 7) is 2.26. The number of carbonyl (C=O) groups is 3. The predicted molar refractivity (Wildman–Crippen MR) is 93.7 cm³/mol. The number of carboxylic acid groups (broad SMARTS) is 1. The maximum atomic E-state index is 14.1. The van der Waals surface area contributed by atoms with Gasteiger partial charge < -0.3 is 15.3 Å². The van der Waals surface area contributed by atoms with E-state index in [4.69, 9.17) is 5.11 Å². The van der Waals surface area contributed by atoms with Crippen molar-refractivity contribution in [1.29, 1.82) is 0 Å². The van der Waals surface area contributed by atoms with E-state index < -0.39 is 29.6 Å². The molecule has 0 aliphatic carbocycles. The largest absolute Gasteiger partial charge is 0.481 e. The van der Waals surface area contributed by atoms with Crippen LogP contribution >= 0.6 is 0 Å². The minimum atomic E-state index is -0.894. The molecule has 1 aromatic rings. The molecule has 0 saturated carbocycles. The molecular formula is C19H24F2N2O4. The van der Waals surface area contributed by atoms with Gasteiger partial charge in [0.25, 0.3) is 0 Å². The highest BCUT2D eigenvalue weighted by Crippen LogP contribution is 2.25. The molecule has 2 N–H and O–H groups in total. The van der Waals surface area contributed by atoms with Gasteiger partial charge in [-0.2, -0.15) is 0 Å². The van der Waals surface area contributed by atoms with Crippen LogP contribution in [-0.4, -0.2) is 40.9 Å². The average molecular weight is 382 g/mol. The van der Waals surface area contributed by atoms with E-state index in [9.17, 15) is 23.2 Å². The molecule has 2 amide bonds. The number of piperidine rings is 1. The van der Waals surface area contributed by atoms with Crippen molar-refractivity contribution >= 4 is 17.8 Å². The van der Waals surface area contributed by atoms with E-state index >= 15 is 0 Å². The summed E-state index contributed by atoms with van der Waals surface area (Å²) in [7, 11) is 0. The summed E-state index contributed by atoms with van der Waals surface area (Å²) >= 11 is 0. The second kappa shape index (κ2) is 9.43. The van der Waals surface area contributed by atoms with Crippen LogP contribution in [0.4, 0.5) is 8.78 Å². The van der Waals surface area contributed by atoms with Gasteiger partial charge in [-0.15, -0.1) is 0 Å². The molecule has 1 saturated heterocycles. The quantitative estimate of drug-likeness (QED) is 0.759. The third-order valence-electron chi connectivity index (χ3n) is 4.73. The Bertz CT molecular complexity index is 711. The molecule has 0 radical (unpaired) electrons. The Kier molecular flexibility index (Phi) is 7.27. The van der Waals surface area contributed by atoms with Crippen molar-refractivity contribution in [2.45, 2.75) is 45.1 Å². The van der Waals surface area contributed by atoms with Gasteiger partial charge in [0, 0.05) is 38.1 Å². The summed E-state index contributed by atoms with van der Waals surface area (Å²) in [4.78, 5) is 36.5. The number of amides is 2. The van der Waals surface area contributed by atoms with Crippen LogP contribution in [0.1, 0.15) is 50.6 Å². The van der Waals surface area contributed by atoms with Gasteiger partial charge in [0.15, 0.2) is 0 Å². The number of nitrogens with one attached hydrogen (secondary N) is 1. The zero-order valence-corrected chi connectivity index (χ0v) is 15.2. The summed E-state index contributed by atoms with van der Waals surface area (Å²) in [5.41, 5.74) is 0.0550. The molecule has 1 fully saturated rings. The molecule has 0 aromatic heterocycles. The average Bonchev–Trinajstić information content (AvgIpc) is 2.59. The number of nitrogens with zero attached hydrogens (tertiary/aromatic N) is 1. The summed E-state index contributed by atoms with van der Waals surface area (Å²) in [6, 6.07) is 2.14. The topological polar surface area (TPSA) is 86.7 Å². The highest BCUT2D eigenvalue weighted by molar-refractivity contribution is 5.79. The molecule has 6 nitrogen and oxygen atoms in total. The molecule has 0 bridgehead atoms. The number of carbonyl (C=O) groups excluding carboxylic acids is 2. The van der Waals surface area contributed by atoms with Crippen molar-refractivity contribution in [3.63, 3.8) is 0 Å². The molecule has 27 heavy (non-hydrogen) atoms. The van der Waals surface area contributed by atoms with E-state index in [1.54, 1.807) is 4.90 Å². The van der Waals surface area contributed by atoms with Crippen LogP contribution in [0, 0.1) is 17.6 Å². The van der Waals surface area contributed by atoms with E-state index in [0.717, 1.165) is 25.0 Å². The smallest absolute Gasteiger partial charge is 0.303 e. The Morgan fingerprint density at radius 3 is 2.70 bits per heavy atom. The standard InChI is InChI=1S/C19H24F2N2O4/c1-12(24)22-17(15-6-5-14(20)9-16(15)21)10-18(25)23-8-2-3-13(11-23)4-7-19(26)27/h5-6,9,13,17H,2-4,7-8,10-11H2,1H3,(H,22,24)(H,26,27). The van der Waals surface area contributed by atoms with E-state index in [1.807, 2.05) is 0 Å². The van der Waals surface area contributed by atoms with E-state index in [2.05, 4.69) is 5.32 Å². The molecule has 1 heterocycles. The fourth-order valence-corrected chi connectivity index (χ4v) is 3.43. The second-order valence-electron chi connectivity index (χ2n) is 6.90. The zero-order chi connectivity index (χ0) is 20.0. The van der Waals surface area contributed by atoms with Gasteiger partial charge in [-0.05, 0) is 31.2 Å². The Morgan fingerprint density at radius 2 is 2.07 bits per heavy atom. The Morgan fingerprint density at radius 1 is 1.33 bits per heavy atom. The van der Waals surface area contributed by atoms with Crippen LogP contribution in [-0.2, 0) is 14.4 Å². The lowest BCUT2D eigenvalue weighted by atomic mass is 9.92. The number of halogens is 2. The first kappa shape index (κ1) is 20.8. The molecule has 8 heteroatoms. The maximum absolute atomic E-state index is 14.1.